The molecule has 1 atom stereocenters. The molecule has 0 bridgehead atoms. The van der Waals surface area contributed by atoms with Crippen LogP contribution in [0.1, 0.15) is 26.7 Å². The molecule has 0 aliphatic heterocycles. The van der Waals surface area contributed by atoms with Gasteiger partial charge in [-0.15, -0.1) is 0 Å². The zero-order valence-electron chi connectivity index (χ0n) is 8.28. The third-order valence-electron chi connectivity index (χ3n) is 1.55. The summed E-state index contributed by atoms with van der Waals surface area (Å²) in [5.74, 6) is -1.17. The van der Waals surface area contributed by atoms with E-state index < -0.39 is 22.2 Å². The summed E-state index contributed by atoms with van der Waals surface area (Å²) in [5, 5.41) is 8.61. The fraction of sp³-hybridized carbons (Fsp3) is 0.857. The Morgan fingerprint density at radius 3 is 2.36 bits per heavy atom. The summed E-state index contributed by atoms with van der Waals surface area (Å²) in [6.07, 6.45) is 0.868. The minimum atomic E-state index is -3.68. The second-order valence-electron chi connectivity index (χ2n) is 2.81. The maximum atomic E-state index is 11.2. The molecule has 0 rings (SSSR count). The van der Waals surface area contributed by atoms with Crippen molar-refractivity contribution in [2.45, 2.75) is 32.7 Å². The van der Waals surface area contributed by atoms with E-state index in [9.17, 15) is 13.2 Å². The van der Waals surface area contributed by atoms with Gasteiger partial charge in [-0.3, -0.25) is 4.79 Å². The van der Waals surface area contributed by atoms with E-state index in [-0.39, 0.29) is 6.42 Å². The summed E-state index contributed by atoms with van der Waals surface area (Å²) in [4.78, 5) is 10.5. The van der Waals surface area contributed by atoms with Crippen LogP contribution < -0.4 is 9.44 Å². The maximum absolute atomic E-state index is 11.2. The van der Waals surface area contributed by atoms with Gasteiger partial charge >= 0.3 is 5.97 Å². The van der Waals surface area contributed by atoms with E-state index in [1.807, 2.05) is 11.6 Å². The van der Waals surface area contributed by atoms with Gasteiger partial charge in [0.2, 0.25) is 0 Å². The zero-order chi connectivity index (χ0) is 11.2. The minimum absolute atomic E-state index is 0.211. The molecule has 0 saturated heterocycles. The first-order valence-corrected chi connectivity index (χ1v) is 5.91. The molecule has 0 aromatic heterocycles. The van der Waals surface area contributed by atoms with Gasteiger partial charge in [-0.25, -0.2) is 4.72 Å². The van der Waals surface area contributed by atoms with Gasteiger partial charge in [-0.05, 0) is 12.8 Å². The normalized spacial score (nSPS) is 13.9. The molecule has 84 valence electrons. The highest BCUT2D eigenvalue weighted by molar-refractivity contribution is 7.87. The van der Waals surface area contributed by atoms with Crippen molar-refractivity contribution < 1.29 is 18.3 Å². The van der Waals surface area contributed by atoms with Crippen LogP contribution in [0.2, 0.25) is 0 Å². The molecule has 0 spiro atoms. The van der Waals surface area contributed by atoms with Gasteiger partial charge in [0, 0.05) is 6.54 Å². The van der Waals surface area contributed by atoms with E-state index in [2.05, 4.69) is 4.72 Å². The molecule has 0 aliphatic carbocycles. The minimum Gasteiger partial charge on any atom is -0.480 e. The van der Waals surface area contributed by atoms with Crippen LogP contribution in [0.3, 0.4) is 0 Å². The lowest BCUT2D eigenvalue weighted by Gasteiger charge is -2.12. The summed E-state index contributed by atoms with van der Waals surface area (Å²) in [7, 11) is -3.68. The molecular weight excluding hydrogens is 208 g/mol. The van der Waals surface area contributed by atoms with Gasteiger partial charge in [-0.1, -0.05) is 13.8 Å². The molecule has 14 heavy (non-hydrogen) atoms. The monoisotopic (exact) mass is 224 g/mol. The van der Waals surface area contributed by atoms with Crippen molar-refractivity contribution in [1.29, 1.82) is 0 Å². The number of hydrogen-bond acceptors (Lipinski definition) is 3. The van der Waals surface area contributed by atoms with E-state index in [0.717, 1.165) is 0 Å². The predicted octanol–water partition coefficient (Wildman–Crippen LogP) is -0.316. The van der Waals surface area contributed by atoms with Gasteiger partial charge in [0.25, 0.3) is 10.2 Å². The lowest BCUT2D eigenvalue weighted by Crippen LogP contribution is -2.46. The molecular formula is C7H16N2O4S. The maximum Gasteiger partial charge on any atom is 0.321 e. The predicted molar refractivity (Wildman–Crippen MR) is 52.1 cm³/mol. The highest BCUT2D eigenvalue weighted by Gasteiger charge is 2.21. The van der Waals surface area contributed by atoms with Crippen LogP contribution in [-0.4, -0.2) is 32.1 Å². The fourth-order valence-corrected chi connectivity index (χ4v) is 1.97. The number of rotatable bonds is 7. The Balaban J connectivity index is 4.26. The molecule has 0 aromatic carbocycles. The van der Waals surface area contributed by atoms with Crippen LogP contribution in [0.15, 0.2) is 0 Å². The second kappa shape index (κ2) is 5.94. The van der Waals surface area contributed by atoms with Crippen molar-refractivity contribution in [2.24, 2.45) is 0 Å². The molecule has 7 heteroatoms. The number of carboxylic acids is 1. The Bertz CT molecular complexity index is 275. The van der Waals surface area contributed by atoms with Gasteiger partial charge in [-0.2, -0.15) is 13.1 Å². The number of aliphatic carboxylic acids is 1. The second-order valence-corrected chi connectivity index (χ2v) is 4.35. The summed E-state index contributed by atoms with van der Waals surface area (Å²) >= 11 is 0. The smallest absolute Gasteiger partial charge is 0.321 e. The van der Waals surface area contributed by atoms with Gasteiger partial charge < -0.3 is 5.11 Å². The van der Waals surface area contributed by atoms with Crippen molar-refractivity contribution in [1.82, 2.24) is 9.44 Å². The molecule has 0 aliphatic rings. The standard InChI is InChI=1S/C7H16N2O4S/c1-3-5-8-14(12,13)9-6(4-2)7(10)11/h6,8-9H,3-5H2,1-2H3,(H,10,11)/t6-/m0/s1. The fourth-order valence-electron chi connectivity index (χ4n) is 0.774. The molecule has 0 aromatic rings. The molecule has 0 fully saturated rings. The highest BCUT2D eigenvalue weighted by Crippen LogP contribution is 1.93. The van der Waals surface area contributed by atoms with Gasteiger partial charge in [0.15, 0.2) is 0 Å². The Kier molecular flexibility index (Phi) is 5.66. The molecule has 0 saturated carbocycles. The van der Waals surface area contributed by atoms with Gasteiger partial charge in [0.05, 0.1) is 0 Å². The van der Waals surface area contributed by atoms with E-state index in [1.54, 1.807) is 6.92 Å². The van der Waals surface area contributed by atoms with Crippen LogP contribution in [0, 0.1) is 0 Å². The third kappa shape index (κ3) is 5.15. The Labute approximate surface area is 83.9 Å². The Morgan fingerprint density at radius 1 is 1.43 bits per heavy atom. The van der Waals surface area contributed by atoms with E-state index in [1.165, 1.54) is 0 Å². The molecule has 0 amide bonds. The number of hydrogen-bond donors (Lipinski definition) is 3. The van der Waals surface area contributed by atoms with Crippen molar-refractivity contribution in [3.05, 3.63) is 0 Å². The van der Waals surface area contributed by atoms with Crippen LogP contribution in [0.25, 0.3) is 0 Å². The molecule has 6 nitrogen and oxygen atoms in total. The lowest BCUT2D eigenvalue weighted by atomic mass is 10.2. The van der Waals surface area contributed by atoms with Crippen LogP contribution in [0.4, 0.5) is 0 Å². The summed E-state index contributed by atoms with van der Waals surface area (Å²) in [6, 6.07) is -1.07. The van der Waals surface area contributed by atoms with Crippen molar-refractivity contribution in [3.63, 3.8) is 0 Å². The molecule has 3 N–H and O–H groups in total. The first kappa shape index (κ1) is 13.3. The van der Waals surface area contributed by atoms with Gasteiger partial charge in [0.1, 0.15) is 6.04 Å². The topological polar surface area (TPSA) is 95.5 Å². The average Bonchev–Trinajstić information content (AvgIpc) is 2.10. The summed E-state index contributed by atoms with van der Waals surface area (Å²) in [6.45, 7) is 3.71. The van der Waals surface area contributed by atoms with Crippen molar-refractivity contribution >= 4 is 16.2 Å². The van der Waals surface area contributed by atoms with E-state index >= 15 is 0 Å². The number of carbonyl (C=O) groups is 1. The zero-order valence-corrected chi connectivity index (χ0v) is 9.10. The van der Waals surface area contributed by atoms with Crippen molar-refractivity contribution in [2.75, 3.05) is 6.54 Å². The Morgan fingerprint density at radius 2 is 2.00 bits per heavy atom. The summed E-state index contributed by atoms with van der Waals surface area (Å²) < 4.78 is 26.6. The third-order valence-corrected chi connectivity index (χ3v) is 2.72. The summed E-state index contributed by atoms with van der Waals surface area (Å²) in [5.41, 5.74) is 0. The first-order valence-electron chi connectivity index (χ1n) is 4.42. The SMILES string of the molecule is CCCNS(=O)(=O)N[C@@H](CC)C(=O)O. The largest absolute Gasteiger partial charge is 0.480 e. The average molecular weight is 224 g/mol. The quantitative estimate of drug-likeness (QED) is 0.552. The number of nitrogens with one attached hydrogen (secondary N) is 2. The Hall–Kier alpha value is -0.660. The molecule has 0 radical (unpaired) electrons. The number of carboxylic acid groups (broad SMARTS) is 1. The van der Waals surface area contributed by atoms with Crippen molar-refractivity contribution in [3.8, 4) is 0 Å². The lowest BCUT2D eigenvalue weighted by molar-refractivity contribution is -0.139. The van der Waals surface area contributed by atoms with E-state index in [4.69, 9.17) is 5.11 Å². The molecule has 0 heterocycles. The van der Waals surface area contributed by atoms with Crippen LogP contribution in [-0.2, 0) is 15.0 Å². The van der Waals surface area contributed by atoms with Crippen LogP contribution >= 0.6 is 0 Å². The highest BCUT2D eigenvalue weighted by atomic mass is 32.2. The van der Waals surface area contributed by atoms with Crippen LogP contribution in [0.5, 0.6) is 0 Å². The van der Waals surface area contributed by atoms with E-state index in [0.29, 0.717) is 13.0 Å². The molecule has 0 unspecified atom stereocenters. The first-order chi connectivity index (χ1) is 6.43.